The molecule has 0 saturated carbocycles. The topological polar surface area (TPSA) is 42.9 Å². The molecule has 13 heavy (non-hydrogen) atoms. The third-order valence-corrected chi connectivity index (χ3v) is 1.81. The highest BCUT2D eigenvalue weighted by molar-refractivity contribution is 5.74. The van der Waals surface area contributed by atoms with E-state index in [1.54, 1.807) is 6.20 Å². The van der Waals surface area contributed by atoms with E-state index in [-0.39, 0.29) is 0 Å². The summed E-state index contributed by atoms with van der Waals surface area (Å²) in [4.78, 5) is 18.7. The van der Waals surface area contributed by atoms with Gasteiger partial charge in [0.2, 0.25) is 0 Å². The van der Waals surface area contributed by atoms with Crippen molar-refractivity contribution in [2.75, 3.05) is 0 Å². The quantitative estimate of drug-likeness (QED) is 0.642. The minimum Gasteiger partial charge on any atom is -0.303 e. The fourth-order valence-electron chi connectivity index (χ4n) is 1.20. The molecule has 0 aliphatic rings. The highest BCUT2D eigenvalue weighted by Gasteiger charge is 1.96. The van der Waals surface area contributed by atoms with E-state index in [2.05, 4.69) is 9.97 Å². The second-order valence-corrected chi connectivity index (χ2v) is 2.72. The molecule has 2 heterocycles. The van der Waals surface area contributed by atoms with Gasteiger partial charge in [0.15, 0.2) is 0 Å². The molecule has 0 fully saturated rings. The monoisotopic (exact) mass is 172 g/mol. The molecule has 0 aliphatic heterocycles. The second kappa shape index (κ2) is 3.31. The number of hydrogen-bond donors (Lipinski definition) is 0. The number of carbonyl (C=O) groups is 1. The lowest BCUT2D eigenvalue weighted by molar-refractivity contribution is -0.107. The highest BCUT2D eigenvalue weighted by atomic mass is 16.1. The van der Waals surface area contributed by atoms with Crippen molar-refractivity contribution < 1.29 is 4.79 Å². The largest absolute Gasteiger partial charge is 0.303 e. The summed E-state index contributed by atoms with van der Waals surface area (Å²) in [7, 11) is 0. The summed E-state index contributed by atoms with van der Waals surface area (Å²) >= 11 is 0. The van der Waals surface area contributed by atoms with Crippen molar-refractivity contribution in [2.24, 2.45) is 0 Å². The number of pyridine rings is 2. The standard InChI is InChI=1S/C10H8N2O/c13-7-5-8-3-4-9-10(12-8)2-1-6-11-9/h1-4,6-7H,5H2. The van der Waals surface area contributed by atoms with E-state index in [1.165, 1.54) is 0 Å². The predicted octanol–water partition coefficient (Wildman–Crippen LogP) is 1.37. The van der Waals surface area contributed by atoms with Gasteiger partial charge in [0, 0.05) is 18.3 Å². The van der Waals surface area contributed by atoms with E-state index in [1.807, 2.05) is 24.3 Å². The first-order valence-electron chi connectivity index (χ1n) is 4.04. The van der Waals surface area contributed by atoms with Crippen molar-refractivity contribution in [1.82, 2.24) is 9.97 Å². The number of carbonyl (C=O) groups excluding carboxylic acids is 1. The number of aromatic nitrogens is 2. The Morgan fingerprint density at radius 3 is 3.00 bits per heavy atom. The van der Waals surface area contributed by atoms with Crippen LogP contribution in [0.1, 0.15) is 5.69 Å². The zero-order valence-corrected chi connectivity index (χ0v) is 6.97. The second-order valence-electron chi connectivity index (χ2n) is 2.72. The number of rotatable bonds is 2. The van der Waals surface area contributed by atoms with Crippen LogP contribution in [-0.2, 0) is 11.2 Å². The van der Waals surface area contributed by atoms with Gasteiger partial charge in [0.1, 0.15) is 6.29 Å². The Morgan fingerprint density at radius 2 is 2.15 bits per heavy atom. The molecule has 0 aromatic carbocycles. The zero-order valence-electron chi connectivity index (χ0n) is 6.97. The predicted molar refractivity (Wildman–Crippen MR) is 49.3 cm³/mol. The van der Waals surface area contributed by atoms with Gasteiger partial charge in [0.25, 0.3) is 0 Å². The minimum atomic E-state index is 0.366. The summed E-state index contributed by atoms with van der Waals surface area (Å²) in [5.74, 6) is 0. The van der Waals surface area contributed by atoms with Crippen molar-refractivity contribution in [2.45, 2.75) is 6.42 Å². The lowest BCUT2D eigenvalue weighted by Gasteiger charge is -1.97. The summed E-state index contributed by atoms with van der Waals surface area (Å²) in [5, 5.41) is 0. The molecule has 0 radical (unpaired) electrons. The molecule has 2 aromatic heterocycles. The number of hydrogen-bond acceptors (Lipinski definition) is 3. The average Bonchev–Trinajstić information content (AvgIpc) is 2.18. The average molecular weight is 172 g/mol. The maximum atomic E-state index is 10.3. The smallest absolute Gasteiger partial charge is 0.125 e. The Bertz CT molecular complexity index is 440. The van der Waals surface area contributed by atoms with Crippen LogP contribution >= 0.6 is 0 Å². The molecule has 0 N–H and O–H groups in total. The lowest BCUT2D eigenvalue weighted by Crippen LogP contribution is -1.91. The van der Waals surface area contributed by atoms with E-state index < -0.39 is 0 Å². The first kappa shape index (κ1) is 7.86. The van der Waals surface area contributed by atoms with E-state index in [0.29, 0.717) is 6.42 Å². The van der Waals surface area contributed by atoms with E-state index in [4.69, 9.17) is 0 Å². The Balaban J connectivity index is 2.55. The van der Waals surface area contributed by atoms with Crippen LogP contribution in [0.25, 0.3) is 11.0 Å². The van der Waals surface area contributed by atoms with E-state index in [9.17, 15) is 4.79 Å². The molecule has 3 heteroatoms. The molecule has 0 saturated heterocycles. The lowest BCUT2D eigenvalue weighted by atomic mass is 10.2. The van der Waals surface area contributed by atoms with E-state index in [0.717, 1.165) is 23.0 Å². The summed E-state index contributed by atoms with van der Waals surface area (Å²) in [6.07, 6.45) is 2.94. The van der Waals surface area contributed by atoms with Gasteiger partial charge in [-0.15, -0.1) is 0 Å². The fourth-order valence-corrected chi connectivity index (χ4v) is 1.20. The molecular weight excluding hydrogens is 164 g/mol. The summed E-state index contributed by atoms with van der Waals surface area (Å²) in [5.41, 5.74) is 2.48. The molecule has 64 valence electrons. The van der Waals surface area contributed by atoms with E-state index >= 15 is 0 Å². The van der Waals surface area contributed by atoms with Crippen molar-refractivity contribution in [1.29, 1.82) is 0 Å². The fraction of sp³-hybridized carbons (Fsp3) is 0.100. The molecule has 0 spiro atoms. The van der Waals surface area contributed by atoms with Crippen LogP contribution in [0.5, 0.6) is 0 Å². The third kappa shape index (κ3) is 1.54. The summed E-state index contributed by atoms with van der Waals surface area (Å²) in [6, 6.07) is 7.42. The Kier molecular flexibility index (Phi) is 2.00. The van der Waals surface area contributed by atoms with Crippen LogP contribution in [-0.4, -0.2) is 16.3 Å². The van der Waals surface area contributed by atoms with Gasteiger partial charge in [-0.25, -0.2) is 0 Å². The van der Waals surface area contributed by atoms with Gasteiger partial charge in [-0.3, -0.25) is 9.97 Å². The van der Waals surface area contributed by atoms with Gasteiger partial charge in [0.05, 0.1) is 11.0 Å². The summed E-state index contributed by atoms with van der Waals surface area (Å²) < 4.78 is 0. The normalized spacial score (nSPS) is 10.2. The molecule has 2 rings (SSSR count). The van der Waals surface area contributed by atoms with Crippen LogP contribution < -0.4 is 0 Å². The Labute approximate surface area is 75.4 Å². The van der Waals surface area contributed by atoms with Gasteiger partial charge in [-0.05, 0) is 24.3 Å². The Morgan fingerprint density at radius 1 is 1.23 bits per heavy atom. The number of fused-ring (bicyclic) bond motifs is 1. The zero-order chi connectivity index (χ0) is 9.10. The molecule has 0 bridgehead atoms. The maximum Gasteiger partial charge on any atom is 0.125 e. The van der Waals surface area contributed by atoms with Crippen molar-refractivity contribution in [3.63, 3.8) is 0 Å². The minimum absolute atomic E-state index is 0.366. The first-order valence-corrected chi connectivity index (χ1v) is 4.04. The summed E-state index contributed by atoms with van der Waals surface area (Å²) in [6.45, 7) is 0. The highest BCUT2D eigenvalue weighted by Crippen LogP contribution is 2.08. The maximum absolute atomic E-state index is 10.3. The molecule has 0 atom stereocenters. The molecule has 0 amide bonds. The number of aldehydes is 1. The molecule has 2 aromatic rings. The molecule has 0 aliphatic carbocycles. The van der Waals surface area contributed by atoms with Gasteiger partial charge < -0.3 is 4.79 Å². The molecule has 0 unspecified atom stereocenters. The van der Waals surface area contributed by atoms with Crippen LogP contribution in [0, 0.1) is 0 Å². The third-order valence-electron chi connectivity index (χ3n) is 1.81. The van der Waals surface area contributed by atoms with Crippen molar-refractivity contribution in [3.05, 3.63) is 36.2 Å². The van der Waals surface area contributed by atoms with Crippen LogP contribution in [0.2, 0.25) is 0 Å². The Hall–Kier alpha value is -1.77. The van der Waals surface area contributed by atoms with Gasteiger partial charge >= 0.3 is 0 Å². The van der Waals surface area contributed by atoms with Crippen LogP contribution in [0.4, 0.5) is 0 Å². The van der Waals surface area contributed by atoms with Gasteiger partial charge in [-0.1, -0.05) is 0 Å². The number of nitrogens with zero attached hydrogens (tertiary/aromatic N) is 2. The van der Waals surface area contributed by atoms with Crippen LogP contribution in [0.3, 0.4) is 0 Å². The SMILES string of the molecule is O=CCc1ccc2ncccc2n1. The van der Waals surface area contributed by atoms with Crippen LogP contribution in [0.15, 0.2) is 30.5 Å². The van der Waals surface area contributed by atoms with Crippen molar-refractivity contribution in [3.8, 4) is 0 Å². The van der Waals surface area contributed by atoms with Crippen molar-refractivity contribution >= 4 is 17.3 Å². The molecule has 3 nitrogen and oxygen atoms in total. The van der Waals surface area contributed by atoms with Gasteiger partial charge in [-0.2, -0.15) is 0 Å². The molecular formula is C10H8N2O. The first-order chi connectivity index (χ1) is 6.40.